The van der Waals surface area contributed by atoms with Crippen molar-refractivity contribution >= 4 is 22.9 Å². The highest BCUT2D eigenvalue weighted by atomic mass is 35.5. The summed E-state index contributed by atoms with van der Waals surface area (Å²) in [5.41, 5.74) is 1.60. The van der Waals surface area contributed by atoms with Gasteiger partial charge in [0.2, 0.25) is 0 Å². The van der Waals surface area contributed by atoms with Crippen LogP contribution in [-0.2, 0) is 0 Å². The molecule has 0 spiro atoms. The zero-order valence-corrected chi connectivity index (χ0v) is 11.9. The molecule has 0 saturated carbocycles. The van der Waals surface area contributed by atoms with E-state index in [9.17, 15) is 8.78 Å². The van der Waals surface area contributed by atoms with Crippen LogP contribution >= 0.6 is 22.9 Å². The summed E-state index contributed by atoms with van der Waals surface area (Å²) >= 11 is 7.77. The molecule has 0 aliphatic rings. The summed E-state index contributed by atoms with van der Waals surface area (Å²) in [5.74, 6) is -0.889. The van der Waals surface area contributed by atoms with E-state index in [4.69, 9.17) is 11.6 Å². The van der Waals surface area contributed by atoms with E-state index < -0.39 is 17.0 Å². The SMILES string of the molecule is Cc1cc(F)c(C(Cl)c2cc(C)c(C)s2)cc1F. The summed E-state index contributed by atoms with van der Waals surface area (Å²) in [7, 11) is 0. The van der Waals surface area contributed by atoms with Crippen molar-refractivity contribution in [2.75, 3.05) is 0 Å². The lowest BCUT2D eigenvalue weighted by atomic mass is 10.1. The monoisotopic (exact) mass is 286 g/mol. The van der Waals surface area contributed by atoms with Crippen LogP contribution < -0.4 is 0 Å². The van der Waals surface area contributed by atoms with Crippen LogP contribution in [0.25, 0.3) is 0 Å². The summed E-state index contributed by atoms with van der Waals surface area (Å²) in [5, 5.41) is -0.641. The molecule has 0 amide bonds. The molecule has 0 saturated heterocycles. The molecule has 18 heavy (non-hydrogen) atoms. The van der Waals surface area contributed by atoms with Gasteiger partial charge < -0.3 is 0 Å². The van der Waals surface area contributed by atoms with Crippen molar-refractivity contribution < 1.29 is 8.78 Å². The van der Waals surface area contributed by atoms with Crippen molar-refractivity contribution in [1.82, 2.24) is 0 Å². The van der Waals surface area contributed by atoms with E-state index in [0.29, 0.717) is 5.56 Å². The second-order valence-corrected chi connectivity index (χ2v) is 6.10. The molecule has 2 rings (SSSR count). The minimum absolute atomic E-state index is 0.195. The third kappa shape index (κ3) is 2.43. The molecule has 2 aromatic rings. The first-order chi connectivity index (χ1) is 8.40. The van der Waals surface area contributed by atoms with Gasteiger partial charge in [-0.1, -0.05) is 0 Å². The van der Waals surface area contributed by atoms with Gasteiger partial charge in [-0.2, -0.15) is 0 Å². The van der Waals surface area contributed by atoms with Crippen LogP contribution in [0.2, 0.25) is 0 Å². The van der Waals surface area contributed by atoms with Gasteiger partial charge in [-0.15, -0.1) is 22.9 Å². The molecule has 0 aliphatic heterocycles. The standard InChI is InChI=1S/C14H13ClF2S/c1-7-5-13(18-9(7)3)14(15)10-6-11(16)8(2)4-12(10)17/h4-6,14H,1-3H3. The smallest absolute Gasteiger partial charge is 0.128 e. The van der Waals surface area contributed by atoms with Crippen molar-refractivity contribution in [3.8, 4) is 0 Å². The first kappa shape index (κ1) is 13.5. The Bertz CT molecular complexity index is 570. The van der Waals surface area contributed by atoms with Crippen molar-refractivity contribution in [2.24, 2.45) is 0 Å². The molecule has 0 radical (unpaired) electrons. The number of halogens is 3. The Balaban J connectivity index is 2.45. The Morgan fingerprint density at radius 3 is 2.22 bits per heavy atom. The van der Waals surface area contributed by atoms with E-state index in [1.54, 1.807) is 0 Å². The zero-order chi connectivity index (χ0) is 13.4. The van der Waals surface area contributed by atoms with Crippen LogP contribution in [0.15, 0.2) is 18.2 Å². The lowest BCUT2D eigenvalue weighted by molar-refractivity contribution is 0.581. The number of hydrogen-bond donors (Lipinski definition) is 0. The number of alkyl halides is 1. The summed E-state index contributed by atoms with van der Waals surface area (Å²) in [6.07, 6.45) is 0. The molecule has 1 aromatic carbocycles. The van der Waals surface area contributed by atoms with Gasteiger partial charge >= 0.3 is 0 Å². The molecule has 0 fully saturated rings. The van der Waals surface area contributed by atoms with Crippen molar-refractivity contribution in [3.05, 3.63) is 56.3 Å². The van der Waals surface area contributed by atoms with Crippen LogP contribution in [0, 0.1) is 32.4 Å². The van der Waals surface area contributed by atoms with Gasteiger partial charge in [0.05, 0.1) is 5.38 Å². The fourth-order valence-corrected chi connectivity index (χ4v) is 3.14. The normalized spacial score (nSPS) is 12.8. The molecule has 1 unspecified atom stereocenters. The lowest BCUT2D eigenvalue weighted by Gasteiger charge is -2.10. The maximum absolute atomic E-state index is 13.8. The van der Waals surface area contributed by atoms with Gasteiger partial charge in [-0.05, 0) is 50.1 Å². The number of benzene rings is 1. The highest BCUT2D eigenvalue weighted by Gasteiger charge is 2.19. The molecule has 1 heterocycles. The second kappa shape index (κ2) is 4.98. The maximum Gasteiger partial charge on any atom is 0.128 e. The van der Waals surface area contributed by atoms with Gasteiger partial charge in [0.25, 0.3) is 0 Å². The van der Waals surface area contributed by atoms with E-state index in [2.05, 4.69) is 0 Å². The quantitative estimate of drug-likeness (QED) is 0.659. The van der Waals surface area contributed by atoms with Gasteiger partial charge in [0.15, 0.2) is 0 Å². The average Bonchev–Trinajstić information content (AvgIpc) is 2.63. The third-order valence-corrected chi connectivity index (χ3v) is 4.80. The largest absolute Gasteiger partial charge is 0.207 e. The maximum atomic E-state index is 13.8. The minimum Gasteiger partial charge on any atom is -0.207 e. The minimum atomic E-state index is -0.641. The van der Waals surface area contributed by atoms with Gasteiger partial charge in [0, 0.05) is 15.3 Å². The van der Waals surface area contributed by atoms with E-state index >= 15 is 0 Å². The van der Waals surface area contributed by atoms with Crippen LogP contribution in [0.1, 0.15) is 31.8 Å². The Hall–Kier alpha value is -0.930. The molecule has 0 nitrogen and oxygen atoms in total. The molecule has 4 heteroatoms. The van der Waals surface area contributed by atoms with E-state index in [-0.39, 0.29) is 5.56 Å². The van der Waals surface area contributed by atoms with Crippen molar-refractivity contribution in [1.29, 1.82) is 0 Å². The molecule has 1 aromatic heterocycles. The summed E-state index contributed by atoms with van der Waals surface area (Å²) in [6, 6.07) is 4.30. The van der Waals surface area contributed by atoms with Crippen molar-refractivity contribution in [3.63, 3.8) is 0 Å². The summed E-state index contributed by atoms with van der Waals surface area (Å²) < 4.78 is 27.3. The average molecular weight is 287 g/mol. The summed E-state index contributed by atoms with van der Waals surface area (Å²) in [6.45, 7) is 5.50. The fourth-order valence-electron chi connectivity index (χ4n) is 1.74. The number of aryl methyl sites for hydroxylation is 3. The van der Waals surface area contributed by atoms with Gasteiger partial charge in [-0.3, -0.25) is 0 Å². The summed E-state index contributed by atoms with van der Waals surface area (Å²) in [4.78, 5) is 1.98. The molecular formula is C14H13ClF2S. The van der Waals surface area contributed by atoms with E-state index in [0.717, 1.165) is 15.3 Å². The van der Waals surface area contributed by atoms with E-state index in [1.165, 1.54) is 30.4 Å². The molecule has 0 N–H and O–H groups in total. The van der Waals surface area contributed by atoms with Gasteiger partial charge in [-0.25, -0.2) is 8.78 Å². The first-order valence-electron chi connectivity index (χ1n) is 5.56. The molecule has 96 valence electrons. The lowest BCUT2D eigenvalue weighted by Crippen LogP contribution is -1.98. The first-order valence-corrected chi connectivity index (χ1v) is 6.82. The highest BCUT2D eigenvalue weighted by molar-refractivity contribution is 7.12. The molecular weight excluding hydrogens is 274 g/mol. The molecule has 0 bridgehead atoms. The highest BCUT2D eigenvalue weighted by Crippen LogP contribution is 2.37. The predicted molar refractivity (Wildman–Crippen MR) is 72.6 cm³/mol. The fraction of sp³-hybridized carbons (Fsp3) is 0.286. The zero-order valence-electron chi connectivity index (χ0n) is 10.4. The Morgan fingerprint density at radius 2 is 1.67 bits per heavy atom. The number of thiophene rings is 1. The Kier molecular flexibility index (Phi) is 3.74. The number of rotatable bonds is 2. The number of hydrogen-bond acceptors (Lipinski definition) is 1. The predicted octanol–water partition coefficient (Wildman–Crippen LogP) is 5.28. The Morgan fingerprint density at radius 1 is 1.00 bits per heavy atom. The van der Waals surface area contributed by atoms with Crippen molar-refractivity contribution in [2.45, 2.75) is 26.1 Å². The third-order valence-electron chi connectivity index (χ3n) is 2.99. The Labute approximate surface area is 114 Å². The van der Waals surface area contributed by atoms with Crippen LogP contribution in [0.3, 0.4) is 0 Å². The van der Waals surface area contributed by atoms with Gasteiger partial charge in [0.1, 0.15) is 11.6 Å². The molecule has 1 atom stereocenters. The second-order valence-electron chi connectivity index (χ2n) is 4.37. The topological polar surface area (TPSA) is 0 Å². The van der Waals surface area contributed by atoms with Crippen LogP contribution in [0.4, 0.5) is 8.78 Å². The molecule has 0 aliphatic carbocycles. The van der Waals surface area contributed by atoms with Crippen LogP contribution in [-0.4, -0.2) is 0 Å². The van der Waals surface area contributed by atoms with E-state index in [1.807, 2.05) is 19.9 Å². The van der Waals surface area contributed by atoms with Crippen LogP contribution in [0.5, 0.6) is 0 Å².